The van der Waals surface area contributed by atoms with Crippen molar-refractivity contribution in [2.24, 2.45) is 0 Å². The topological polar surface area (TPSA) is 51.0 Å². The second-order valence-corrected chi connectivity index (χ2v) is 4.65. The van der Waals surface area contributed by atoms with Crippen molar-refractivity contribution in [1.29, 1.82) is 0 Å². The molecule has 86 valence electrons. The van der Waals surface area contributed by atoms with Gasteiger partial charge in [-0.05, 0) is 35.0 Å². The Morgan fingerprint density at radius 3 is 3.06 bits per heavy atom. The lowest BCUT2D eigenvalue weighted by molar-refractivity contribution is 0.530. The van der Waals surface area contributed by atoms with Gasteiger partial charge < -0.3 is 9.73 Å². The van der Waals surface area contributed by atoms with Crippen molar-refractivity contribution in [2.75, 3.05) is 5.32 Å². The van der Waals surface area contributed by atoms with E-state index in [4.69, 9.17) is 16.0 Å². The summed E-state index contributed by atoms with van der Waals surface area (Å²) >= 11 is 7.30. The molecule has 4 nitrogen and oxygen atoms in total. The minimum atomic E-state index is 0.220. The van der Waals surface area contributed by atoms with Gasteiger partial charge in [0.25, 0.3) is 0 Å². The van der Waals surface area contributed by atoms with E-state index in [1.165, 1.54) is 10.1 Å². The molecule has 0 saturated carbocycles. The van der Waals surface area contributed by atoms with Crippen LogP contribution >= 0.6 is 22.9 Å². The van der Waals surface area contributed by atoms with Crippen molar-refractivity contribution in [3.05, 3.63) is 35.5 Å². The monoisotopic (exact) mass is 265 g/mol. The van der Waals surface area contributed by atoms with Crippen molar-refractivity contribution in [3.8, 4) is 0 Å². The summed E-state index contributed by atoms with van der Waals surface area (Å²) in [5.41, 5.74) is 0.917. The van der Waals surface area contributed by atoms with Gasteiger partial charge in [-0.15, -0.1) is 28.0 Å². The normalized spacial score (nSPS) is 10.9. The van der Waals surface area contributed by atoms with Crippen LogP contribution in [0.1, 0.15) is 5.89 Å². The van der Waals surface area contributed by atoms with Crippen LogP contribution in [0.5, 0.6) is 0 Å². The molecule has 3 rings (SSSR count). The van der Waals surface area contributed by atoms with Crippen LogP contribution in [0.2, 0.25) is 0 Å². The fourth-order valence-corrected chi connectivity index (χ4v) is 2.40. The maximum Gasteiger partial charge on any atom is 0.320 e. The molecule has 0 bridgehead atoms. The van der Waals surface area contributed by atoms with Crippen molar-refractivity contribution < 1.29 is 4.42 Å². The molecule has 0 atom stereocenters. The zero-order valence-corrected chi connectivity index (χ0v) is 10.3. The van der Waals surface area contributed by atoms with Crippen LogP contribution in [0.3, 0.4) is 0 Å². The first-order valence-electron chi connectivity index (χ1n) is 4.98. The van der Waals surface area contributed by atoms with Gasteiger partial charge in [-0.3, -0.25) is 0 Å². The number of benzene rings is 1. The number of hydrogen-bond acceptors (Lipinski definition) is 5. The highest BCUT2D eigenvalue weighted by molar-refractivity contribution is 7.17. The van der Waals surface area contributed by atoms with E-state index < -0.39 is 0 Å². The molecule has 3 aromatic rings. The molecule has 0 spiro atoms. The largest absolute Gasteiger partial charge is 0.407 e. The Hall–Kier alpha value is -1.59. The standard InChI is InChI=1S/C11H8ClN3OS/c12-6-10-14-15-11(16-10)13-8-1-2-9-7(5-8)3-4-17-9/h1-5H,6H2,(H,13,15). The average Bonchev–Trinajstić information content (AvgIpc) is 2.96. The molecule has 0 unspecified atom stereocenters. The molecule has 2 heterocycles. The molecular formula is C11H8ClN3OS. The Morgan fingerprint density at radius 2 is 2.24 bits per heavy atom. The molecule has 0 aliphatic carbocycles. The summed E-state index contributed by atoms with van der Waals surface area (Å²) in [6.45, 7) is 0. The van der Waals surface area contributed by atoms with Gasteiger partial charge in [-0.25, -0.2) is 0 Å². The number of nitrogens with zero attached hydrogens (tertiary/aromatic N) is 2. The Kier molecular flexibility index (Phi) is 2.70. The van der Waals surface area contributed by atoms with Crippen molar-refractivity contribution in [3.63, 3.8) is 0 Å². The van der Waals surface area contributed by atoms with E-state index in [1.54, 1.807) is 11.3 Å². The summed E-state index contributed by atoms with van der Waals surface area (Å²) in [5, 5.41) is 13.9. The van der Waals surface area contributed by atoms with E-state index in [-0.39, 0.29) is 5.88 Å². The maximum absolute atomic E-state index is 5.58. The molecule has 0 saturated heterocycles. The number of anilines is 2. The number of rotatable bonds is 3. The number of aromatic nitrogens is 2. The number of halogens is 1. The van der Waals surface area contributed by atoms with Crippen LogP contribution in [0, 0.1) is 0 Å². The summed E-state index contributed by atoms with van der Waals surface area (Å²) in [4.78, 5) is 0. The SMILES string of the molecule is ClCc1nnc(Nc2ccc3sccc3c2)o1. The van der Waals surface area contributed by atoms with Crippen LogP contribution in [0.15, 0.2) is 34.1 Å². The third kappa shape index (κ3) is 2.11. The van der Waals surface area contributed by atoms with Crippen LogP contribution in [-0.4, -0.2) is 10.2 Å². The van der Waals surface area contributed by atoms with Gasteiger partial charge in [-0.1, -0.05) is 5.10 Å². The molecule has 1 aromatic carbocycles. The zero-order valence-electron chi connectivity index (χ0n) is 8.68. The van der Waals surface area contributed by atoms with E-state index >= 15 is 0 Å². The van der Waals surface area contributed by atoms with Crippen molar-refractivity contribution in [1.82, 2.24) is 10.2 Å². The maximum atomic E-state index is 5.58. The molecular weight excluding hydrogens is 258 g/mol. The van der Waals surface area contributed by atoms with Crippen LogP contribution in [-0.2, 0) is 5.88 Å². The van der Waals surface area contributed by atoms with Gasteiger partial charge in [-0.2, -0.15) is 0 Å². The minimum Gasteiger partial charge on any atom is -0.407 e. The molecule has 0 radical (unpaired) electrons. The third-order valence-corrected chi connectivity index (χ3v) is 3.41. The summed E-state index contributed by atoms with van der Waals surface area (Å²) in [6, 6.07) is 8.50. The first-order valence-corrected chi connectivity index (χ1v) is 6.39. The lowest BCUT2D eigenvalue weighted by Crippen LogP contribution is -1.89. The van der Waals surface area contributed by atoms with Gasteiger partial charge in [0.15, 0.2) is 0 Å². The molecule has 6 heteroatoms. The van der Waals surface area contributed by atoms with Gasteiger partial charge in [0, 0.05) is 10.4 Å². The number of thiophene rings is 1. The second kappa shape index (κ2) is 4.35. The quantitative estimate of drug-likeness (QED) is 0.733. The molecule has 17 heavy (non-hydrogen) atoms. The van der Waals surface area contributed by atoms with Crippen LogP contribution < -0.4 is 5.32 Å². The van der Waals surface area contributed by atoms with Crippen molar-refractivity contribution in [2.45, 2.75) is 5.88 Å². The molecule has 2 aromatic heterocycles. The number of fused-ring (bicyclic) bond motifs is 1. The molecule has 1 N–H and O–H groups in total. The first kappa shape index (κ1) is 10.6. The molecule has 0 amide bonds. The second-order valence-electron chi connectivity index (χ2n) is 3.43. The Morgan fingerprint density at radius 1 is 1.29 bits per heavy atom. The molecule has 0 aliphatic rings. The van der Waals surface area contributed by atoms with Gasteiger partial charge in [0.1, 0.15) is 5.88 Å². The van der Waals surface area contributed by atoms with Gasteiger partial charge >= 0.3 is 6.01 Å². The van der Waals surface area contributed by atoms with E-state index in [0.29, 0.717) is 11.9 Å². The lowest BCUT2D eigenvalue weighted by Gasteiger charge is -2.00. The highest BCUT2D eigenvalue weighted by Gasteiger charge is 2.05. The Balaban J connectivity index is 1.88. The first-order chi connectivity index (χ1) is 8.35. The summed E-state index contributed by atoms with van der Waals surface area (Å²) in [7, 11) is 0. The van der Waals surface area contributed by atoms with E-state index in [0.717, 1.165) is 5.69 Å². The Bertz CT molecular complexity index is 649. The van der Waals surface area contributed by atoms with E-state index in [2.05, 4.69) is 33.0 Å². The lowest BCUT2D eigenvalue weighted by atomic mass is 10.2. The number of hydrogen-bond donors (Lipinski definition) is 1. The average molecular weight is 266 g/mol. The highest BCUT2D eigenvalue weighted by atomic mass is 35.5. The fraction of sp³-hybridized carbons (Fsp3) is 0.0909. The summed E-state index contributed by atoms with van der Waals surface area (Å²) in [5.74, 6) is 0.629. The number of nitrogens with one attached hydrogen (secondary N) is 1. The van der Waals surface area contributed by atoms with Crippen LogP contribution in [0.25, 0.3) is 10.1 Å². The van der Waals surface area contributed by atoms with Crippen molar-refractivity contribution >= 4 is 44.7 Å². The van der Waals surface area contributed by atoms with E-state index in [1.807, 2.05) is 12.1 Å². The van der Waals surface area contributed by atoms with Gasteiger partial charge in [0.05, 0.1) is 0 Å². The Labute approximate surface area is 106 Å². The minimum absolute atomic E-state index is 0.220. The molecule has 0 fully saturated rings. The number of alkyl halides is 1. The van der Waals surface area contributed by atoms with Crippen LogP contribution in [0.4, 0.5) is 11.7 Å². The van der Waals surface area contributed by atoms with Gasteiger partial charge in [0.2, 0.25) is 5.89 Å². The predicted molar refractivity (Wildman–Crippen MR) is 69.0 cm³/mol. The zero-order chi connectivity index (χ0) is 11.7. The molecule has 0 aliphatic heterocycles. The van der Waals surface area contributed by atoms with E-state index in [9.17, 15) is 0 Å². The fourth-order valence-electron chi connectivity index (χ4n) is 1.53. The highest BCUT2D eigenvalue weighted by Crippen LogP contribution is 2.25. The third-order valence-electron chi connectivity index (χ3n) is 2.28. The smallest absolute Gasteiger partial charge is 0.320 e. The summed E-state index contributed by atoms with van der Waals surface area (Å²) < 4.78 is 6.52. The predicted octanol–water partition coefficient (Wildman–Crippen LogP) is 3.77. The summed E-state index contributed by atoms with van der Waals surface area (Å²) in [6.07, 6.45) is 0.